The zero-order valence-corrected chi connectivity index (χ0v) is 15.3. The summed E-state index contributed by atoms with van der Waals surface area (Å²) in [4.78, 5) is 16.1. The van der Waals surface area contributed by atoms with Gasteiger partial charge < -0.3 is 14.5 Å². The predicted molar refractivity (Wildman–Crippen MR) is 93.4 cm³/mol. The minimum atomic E-state index is -3.57. The largest absolute Gasteiger partial charge is 0.378 e. The summed E-state index contributed by atoms with van der Waals surface area (Å²) in [6.45, 7) is 2.37. The fraction of sp³-hybridized carbons (Fsp3) is 0.562. The number of ether oxygens (including phenoxy) is 1. The second-order valence-corrected chi connectivity index (χ2v) is 8.04. The van der Waals surface area contributed by atoms with Gasteiger partial charge in [-0.15, -0.1) is 0 Å². The Labute approximate surface area is 143 Å². The van der Waals surface area contributed by atoms with Crippen molar-refractivity contribution in [1.82, 2.24) is 9.80 Å². The van der Waals surface area contributed by atoms with E-state index >= 15 is 0 Å². The van der Waals surface area contributed by atoms with Gasteiger partial charge in [0.25, 0.3) is 0 Å². The van der Waals surface area contributed by atoms with Crippen LogP contribution in [0.5, 0.6) is 0 Å². The predicted octanol–water partition coefficient (Wildman–Crippen LogP) is 0.373. The number of nitrogens with zero attached hydrogens (tertiary/aromatic N) is 3. The molecule has 0 spiro atoms. The standard InChI is InChI=1S/C16H25N3O4S/c1-17(2)12-14-6-4-5-7-15(14)19(24(3,21)22)13-16(20)18-8-10-23-11-9-18/h4-7H,8-13H2,1-3H3. The van der Waals surface area contributed by atoms with Gasteiger partial charge in [-0.05, 0) is 25.7 Å². The lowest BCUT2D eigenvalue weighted by molar-refractivity contribution is -0.133. The molecule has 24 heavy (non-hydrogen) atoms. The van der Waals surface area contributed by atoms with Crippen molar-refractivity contribution in [2.45, 2.75) is 6.54 Å². The van der Waals surface area contributed by atoms with Gasteiger partial charge in [0, 0.05) is 19.6 Å². The third-order valence-electron chi connectivity index (χ3n) is 3.79. The summed E-state index contributed by atoms with van der Waals surface area (Å²) in [5.41, 5.74) is 1.41. The number of hydrogen-bond acceptors (Lipinski definition) is 5. The quantitative estimate of drug-likeness (QED) is 0.738. The average Bonchev–Trinajstić information content (AvgIpc) is 2.52. The minimum Gasteiger partial charge on any atom is -0.378 e. The van der Waals surface area contributed by atoms with Crippen LogP contribution in [-0.4, -0.2) is 77.3 Å². The van der Waals surface area contributed by atoms with Crippen LogP contribution in [-0.2, 0) is 26.1 Å². The highest BCUT2D eigenvalue weighted by atomic mass is 32.2. The highest BCUT2D eigenvalue weighted by Gasteiger charge is 2.26. The SMILES string of the molecule is CN(C)Cc1ccccc1N(CC(=O)N1CCOCC1)S(C)(=O)=O. The average molecular weight is 355 g/mol. The van der Waals surface area contributed by atoms with Gasteiger partial charge in [0.05, 0.1) is 25.2 Å². The van der Waals surface area contributed by atoms with Crippen LogP contribution in [0.2, 0.25) is 0 Å². The molecule has 7 nitrogen and oxygen atoms in total. The Morgan fingerprint density at radius 3 is 2.42 bits per heavy atom. The summed E-state index contributed by atoms with van der Waals surface area (Å²) in [6.07, 6.45) is 1.13. The number of sulfonamides is 1. The highest BCUT2D eigenvalue weighted by Crippen LogP contribution is 2.24. The van der Waals surface area contributed by atoms with Crippen molar-refractivity contribution in [2.24, 2.45) is 0 Å². The number of hydrogen-bond donors (Lipinski definition) is 0. The first-order valence-corrected chi connectivity index (χ1v) is 9.69. The van der Waals surface area contributed by atoms with Crippen LogP contribution in [0.1, 0.15) is 5.56 Å². The molecule has 134 valence electrons. The number of amides is 1. The Hall–Kier alpha value is -1.64. The summed E-state index contributed by atoms with van der Waals surface area (Å²) in [6, 6.07) is 7.28. The van der Waals surface area contributed by atoms with E-state index in [9.17, 15) is 13.2 Å². The number of para-hydroxylation sites is 1. The monoisotopic (exact) mass is 355 g/mol. The molecule has 1 fully saturated rings. The lowest BCUT2D eigenvalue weighted by atomic mass is 10.1. The van der Waals surface area contributed by atoms with Crippen molar-refractivity contribution in [2.75, 3.05) is 57.5 Å². The lowest BCUT2D eigenvalue weighted by Gasteiger charge is -2.31. The summed E-state index contributed by atoms with van der Waals surface area (Å²) in [5.74, 6) is -0.205. The van der Waals surface area contributed by atoms with Crippen LogP contribution in [0.3, 0.4) is 0 Å². The molecule has 2 rings (SSSR count). The molecule has 0 aliphatic carbocycles. The molecule has 0 bridgehead atoms. The van der Waals surface area contributed by atoms with E-state index in [0.29, 0.717) is 38.5 Å². The van der Waals surface area contributed by atoms with Crippen molar-refractivity contribution in [1.29, 1.82) is 0 Å². The number of carbonyl (C=O) groups is 1. The zero-order valence-electron chi connectivity index (χ0n) is 14.4. The molecule has 1 aromatic carbocycles. The number of carbonyl (C=O) groups excluding carboxylic acids is 1. The second-order valence-electron chi connectivity index (χ2n) is 6.13. The van der Waals surface area contributed by atoms with E-state index in [2.05, 4.69) is 0 Å². The molecule has 1 saturated heterocycles. The molecule has 1 aliphatic heterocycles. The number of rotatable bonds is 6. The van der Waals surface area contributed by atoms with Crippen LogP contribution < -0.4 is 4.31 Å². The van der Waals surface area contributed by atoms with Gasteiger partial charge in [-0.25, -0.2) is 8.42 Å². The van der Waals surface area contributed by atoms with Crippen LogP contribution in [0, 0.1) is 0 Å². The van der Waals surface area contributed by atoms with E-state index in [-0.39, 0.29) is 12.5 Å². The second kappa shape index (κ2) is 7.96. The molecule has 0 radical (unpaired) electrons. The molecule has 1 amide bonds. The smallest absolute Gasteiger partial charge is 0.243 e. The Balaban J connectivity index is 2.28. The number of morpholine rings is 1. The molecule has 1 aromatic rings. The van der Waals surface area contributed by atoms with Crippen molar-refractivity contribution in [3.8, 4) is 0 Å². The Morgan fingerprint density at radius 2 is 1.83 bits per heavy atom. The molecule has 0 saturated carbocycles. The van der Waals surface area contributed by atoms with E-state index in [1.807, 2.05) is 31.1 Å². The number of benzene rings is 1. The van der Waals surface area contributed by atoms with Crippen LogP contribution in [0.25, 0.3) is 0 Å². The topological polar surface area (TPSA) is 70.2 Å². The third-order valence-corrected chi connectivity index (χ3v) is 4.92. The van der Waals surface area contributed by atoms with E-state index in [1.54, 1.807) is 17.0 Å². The summed E-state index contributed by atoms with van der Waals surface area (Å²) in [5, 5.41) is 0. The van der Waals surface area contributed by atoms with Gasteiger partial charge in [0.2, 0.25) is 15.9 Å². The third kappa shape index (κ3) is 4.93. The molecular weight excluding hydrogens is 330 g/mol. The fourth-order valence-electron chi connectivity index (χ4n) is 2.65. The fourth-order valence-corrected chi connectivity index (χ4v) is 3.53. The molecule has 1 heterocycles. The molecule has 0 N–H and O–H groups in total. The van der Waals surface area contributed by atoms with Gasteiger partial charge in [0.15, 0.2) is 0 Å². The first-order valence-electron chi connectivity index (χ1n) is 7.85. The maximum Gasteiger partial charge on any atom is 0.243 e. The Morgan fingerprint density at radius 1 is 1.21 bits per heavy atom. The van der Waals surface area contributed by atoms with Gasteiger partial charge in [0.1, 0.15) is 6.54 Å². The Bertz CT molecular complexity index is 670. The van der Waals surface area contributed by atoms with Crippen molar-refractivity contribution >= 4 is 21.6 Å². The maximum atomic E-state index is 12.5. The molecular formula is C16H25N3O4S. The molecule has 0 atom stereocenters. The summed E-state index contributed by atoms with van der Waals surface area (Å²) >= 11 is 0. The Kier molecular flexibility index (Phi) is 6.20. The summed E-state index contributed by atoms with van der Waals surface area (Å²) < 4.78 is 31.0. The van der Waals surface area contributed by atoms with E-state index < -0.39 is 10.0 Å². The first kappa shape index (κ1) is 18.7. The first-order chi connectivity index (χ1) is 11.3. The van der Waals surface area contributed by atoms with Crippen molar-refractivity contribution in [3.05, 3.63) is 29.8 Å². The normalized spacial score (nSPS) is 15.6. The molecule has 8 heteroatoms. The van der Waals surface area contributed by atoms with Crippen LogP contribution in [0.4, 0.5) is 5.69 Å². The van der Waals surface area contributed by atoms with Gasteiger partial charge in [-0.3, -0.25) is 9.10 Å². The molecule has 0 unspecified atom stereocenters. The van der Waals surface area contributed by atoms with E-state index in [4.69, 9.17) is 4.74 Å². The van der Waals surface area contributed by atoms with E-state index in [1.165, 1.54) is 4.31 Å². The lowest BCUT2D eigenvalue weighted by Crippen LogP contribution is -2.47. The van der Waals surface area contributed by atoms with Gasteiger partial charge in [-0.2, -0.15) is 0 Å². The van der Waals surface area contributed by atoms with Crippen molar-refractivity contribution < 1.29 is 17.9 Å². The van der Waals surface area contributed by atoms with Crippen LogP contribution in [0.15, 0.2) is 24.3 Å². The molecule has 0 aromatic heterocycles. The van der Waals surface area contributed by atoms with Crippen molar-refractivity contribution in [3.63, 3.8) is 0 Å². The zero-order chi connectivity index (χ0) is 17.7. The number of anilines is 1. The molecule has 1 aliphatic rings. The highest BCUT2D eigenvalue weighted by molar-refractivity contribution is 7.92. The summed E-state index contributed by atoms with van der Waals surface area (Å²) in [7, 11) is 0.260. The van der Waals surface area contributed by atoms with Gasteiger partial charge in [-0.1, -0.05) is 18.2 Å². The van der Waals surface area contributed by atoms with Crippen LogP contribution >= 0.6 is 0 Å². The van der Waals surface area contributed by atoms with E-state index in [0.717, 1.165) is 11.8 Å². The van der Waals surface area contributed by atoms with Gasteiger partial charge >= 0.3 is 0 Å². The minimum absolute atomic E-state index is 0.191. The maximum absolute atomic E-state index is 12.5.